The van der Waals surface area contributed by atoms with Crippen LogP contribution in [0.2, 0.25) is 0 Å². The topological polar surface area (TPSA) is 55.8 Å². The first kappa shape index (κ1) is 26.5. The molecular formula is C23H28ClF2NO4. The van der Waals surface area contributed by atoms with Crippen molar-refractivity contribution < 1.29 is 27.8 Å². The molecule has 0 bridgehead atoms. The summed E-state index contributed by atoms with van der Waals surface area (Å²) in [5.41, 5.74) is 0.467. The van der Waals surface area contributed by atoms with Crippen molar-refractivity contribution in [1.29, 1.82) is 0 Å². The van der Waals surface area contributed by atoms with Gasteiger partial charge in [0.05, 0.1) is 0 Å². The zero-order chi connectivity index (χ0) is 22.1. The summed E-state index contributed by atoms with van der Waals surface area (Å²) in [5, 5.41) is 0. The Morgan fingerprint density at radius 2 is 1.65 bits per heavy atom. The first-order valence-corrected chi connectivity index (χ1v) is 10.0. The standard InChI is InChI=1S/C23H27F2NO4.ClH/c1-4-10-26(11-5-2)12-13-29-23(28)20-14-17(6-9-22(20)30-16(3)27)19-8-7-18(24)15-21(19)25;/h6-9,14-15H,4-5,10-13H2,1-3H3;1H. The van der Waals surface area contributed by atoms with Gasteiger partial charge < -0.3 is 9.47 Å². The Balaban J connectivity index is 0.00000480. The number of nitrogens with zero attached hydrogens (tertiary/aromatic N) is 1. The monoisotopic (exact) mass is 455 g/mol. The normalized spacial score (nSPS) is 10.5. The highest BCUT2D eigenvalue weighted by molar-refractivity contribution is 5.95. The van der Waals surface area contributed by atoms with E-state index in [2.05, 4.69) is 18.7 Å². The fourth-order valence-electron chi connectivity index (χ4n) is 3.14. The van der Waals surface area contributed by atoms with Crippen LogP contribution in [0.4, 0.5) is 8.78 Å². The molecule has 170 valence electrons. The molecule has 2 aromatic rings. The molecule has 0 N–H and O–H groups in total. The molecule has 0 aliphatic carbocycles. The fraction of sp³-hybridized carbons (Fsp3) is 0.391. The number of benzene rings is 2. The van der Waals surface area contributed by atoms with Gasteiger partial charge in [-0.2, -0.15) is 0 Å². The molecule has 0 heterocycles. The van der Waals surface area contributed by atoms with E-state index in [1.165, 1.54) is 31.2 Å². The van der Waals surface area contributed by atoms with Crippen LogP contribution in [0.3, 0.4) is 0 Å². The van der Waals surface area contributed by atoms with Crippen LogP contribution in [0.15, 0.2) is 36.4 Å². The largest absolute Gasteiger partial charge is 0.461 e. The summed E-state index contributed by atoms with van der Waals surface area (Å²) in [6.45, 7) is 7.96. The minimum atomic E-state index is -0.760. The number of carbonyl (C=O) groups is 2. The lowest BCUT2D eigenvalue weighted by molar-refractivity contribution is -0.131. The van der Waals surface area contributed by atoms with Crippen LogP contribution in [0.1, 0.15) is 44.0 Å². The average molecular weight is 456 g/mol. The number of carbonyl (C=O) groups excluding carboxylic acids is 2. The second-order valence-electron chi connectivity index (χ2n) is 6.91. The molecule has 0 saturated carbocycles. The third-order valence-corrected chi connectivity index (χ3v) is 4.42. The fourth-order valence-corrected chi connectivity index (χ4v) is 3.14. The van der Waals surface area contributed by atoms with E-state index in [-0.39, 0.29) is 35.9 Å². The Hall–Kier alpha value is -2.51. The summed E-state index contributed by atoms with van der Waals surface area (Å²) in [5.74, 6) is -2.71. The van der Waals surface area contributed by atoms with E-state index in [1.807, 2.05) is 0 Å². The van der Waals surface area contributed by atoms with Crippen molar-refractivity contribution in [2.45, 2.75) is 33.6 Å². The van der Waals surface area contributed by atoms with Gasteiger partial charge in [0.25, 0.3) is 0 Å². The molecule has 0 unspecified atom stereocenters. The molecule has 0 aromatic heterocycles. The van der Waals surface area contributed by atoms with Crippen molar-refractivity contribution in [3.63, 3.8) is 0 Å². The van der Waals surface area contributed by atoms with Crippen LogP contribution in [-0.4, -0.2) is 43.1 Å². The van der Waals surface area contributed by atoms with E-state index >= 15 is 0 Å². The third kappa shape index (κ3) is 7.92. The number of halogens is 3. The Kier molecular flexibility index (Phi) is 11.1. The van der Waals surface area contributed by atoms with Crippen molar-refractivity contribution in [2.75, 3.05) is 26.2 Å². The lowest BCUT2D eigenvalue weighted by Crippen LogP contribution is -2.30. The van der Waals surface area contributed by atoms with Gasteiger partial charge in [0.15, 0.2) is 0 Å². The molecule has 0 amide bonds. The van der Waals surface area contributed by atoms with Crippen LogP contribution in [-0.2, 0) is 9.53 Å². The van der Waals surface area contributed by atoms with E-state index in [9.17, 15) is 18.4 Å². The number of esters is 2. The van der Waals surface area contributed by atoms with Gasteiger partial charge in [-0.15, -0.1) is 12.4 Å². The van der Waals surface area contributed by atoms with Gasteiger partial charge in [-0.3, -0.25) is 9.69 Å². The first-order valence-electron chi connectivity index (χ1n) is 10.0. The highest BCUT2D eigenvalue weighted by Gasteiger charge is 2.19. The smallest absolute Gasteiger partial charge is 0.342 e. The molecule has 5 nitrogen and oxygen atoms in total. The molecule has 0 aliphatic heterocycles. The first-order chi connectivity index (χ1) is 14.3. The maximum absolute atomic E-state index is 14.2. The Labute approximate surface area is 187 Å². The van der Waals surface area contributed by atoms with Crippen LogP contribution in [0.5, 0.6) is 5.75 Å². The van der Waals surface area contributed by atoms with E-state index < -0.39 is 23.6 Å². The minimum absolute atomic E-state index is 0. The molecular weight excluding hydrogens is 428 g/mol. The molecule has 0 fully saturated rings. The predicted molar refractivity (Wildman–Crippen MR) is 118 cm³/mol. The molecule has 2 aromatic carbocycles. The van der Waals surface area contributed by atoms with Crippen LogP contribution in [0.25, 0.3) is 11.1 Å². The molecule has 0 radical (unpaired) electrons. The van der Waals surface area contributed by atoms with E-state index in [4.69, 9.17) is 9.47 Å². The lowest BCUT2D eigenvalue weighted by atomic mass is 10.0. The van der Waals surface area contributed by atoms with Gasteiger partial charge in [0.1, 0.15) is 29.6 Å². The van der Waals surface area contributed by atoms with Crippen LogP contribution in [0, 0.1) is 11.6 Å². The summed E-state index contributed by atoms with van der Waals surface area (Å²) in [7, 11) is 0. The molecule has 0 spiro atoms. The average Bonchev–Trinajstić information content (AvgIpc) is 2.68. The Bertz CT molecular complexity index is 886. The van der Waals surface area contributed by atoms with Crippen LogP contribution >= 0.6 is 12.4 Å². The number of ether oxygens (including phenoxy) is 2. The summed E-state index contributed by atoms with van der Waals surface area (Å²) in [4.78, 5) is 26.3. The van der Waals surface area contributed by atoms with E-state index in [0.29, 0.717) is 12.1 Å². The van der Waals surface area contributed by atoms with Crippen molar-refractivity contribution in [1.82, 2.24) is 4.90 Å². The van der Waals surface area contributed by atoms with Gasteiger partial charge >= 0.3 is 11.9 Å². The Morgan fingerprint density at radius 3 is 2.23 bits per heavy atom. The van der Waals surface area contributed by atoms with Crippen molar-refractivity contribution in [3.8, 4) is 16.9 Å². The second kappa shape index (κ2) is 13.0. The highest BCUT2D eigenvalue weighted by atomic mass is 35.5. The quantitative estimate of drug-likeness (QED) is 0.361. The SMILES string of the molecule is CCCN(CCC)CCOC(=O)c1cc(-c2ccc(F)cc2F)ccc1OC(C)=O.Cl. The van der Waals surface area contributed by atoms with Crippen LogP contribution < -0.4 is 4.74 Å². The number of hydrogen-bond donors (Lipinski definition) is 0. The number of hydrogen-bond acceptors (Lipinski definition) is 5. The zero-order valence-electron chi connectivity index (χ0n) is 18.0. The molecule has 0 aliphatic rings. The van der Waals surface area contributed by atoms with Gasteiger partial charge in [-0.1, -0.05) is 19.9 Å². The molecule has 0 saturated heterocycles. The van der Waals surface area contributed by atoms with Gasteiger partial charge in [0, 0.05) is 25.1 Å². The third-order valence-electron chi connectivity index (χ3n) is 4.42. The zero-order valence-corrected chi connectivity index (χ0v) is 18.8. The highest BCUT2D eigenvalue weighted by Crippen LogP contribution is 2.29. The van der Waals surface area contributed by atoms with Gasteiger partial charge in [0.2, 0.25) is 0 Å². The summed E-state index contributed by atoms with van der Waals surface area (Å²) >= 11 is 0. The summed E-state index contributed by atoms with van der Waals surface area (Å²) < 4.78 is 37.9. The second-order valence-corrected chi connectivity index (χ2v) is 6.91. The van der Waals surface area contributed by atoms with Gasteiger partial charge in [-0.25, -0.2) is 13.6 Å². The molecule has 31 heavy (non-hydrogen) atoms. The van der Waals surface area contributed by atoms with Crippen molar-refractivity contribution >= 4 is 24.3 Å². The maximum Gasteiger partial charge on any atom is 0.342 e. The predicted octanol–water partition coefficient (Wildman–Crippen LogP) is 5.26. The summed E-state index contributed by atoms with van der Waals surface area (Å²) in [6.07, 6.45) is 1.99. The van der Waals surface area contributed by atoms with Gasteiger partial charge in [-0.05, 0) is 55.8 Å². The lowest BCUT2D eigenvalue weighted by Gasteiger charge is -2.20. The minimum Gasteiger partial charge on any atom is -0.461 e. The van der Waals surface area contributed by atoms with E-state index in [0.717, 1.165) is 38.1 Å². The molecule has 0 atom stereocenters. The van der Waals surface area contributed by atoms with Crippen molar-refractivity contribution in [3.05, 3.63) is 53.6 Å². The number of rotatable bonds is 10. The molecule has 8 heteroatoms. The molecule has 2 rings (SSSR count). The van der Waals surface area contributed by atoms with Crippen molar-refractivity contribution in [2.24, 2.45) is 0 Å². The summed E-state index contributed by atoms with van der Waals surface area (Å²) in [6, 6.07) is 7.46. The van der Waals surface area contributed by atoms with E-state index in [1.54, 1.807) is 0 Å². The maximum atomic E-state index is 14.2. The Morgan fingerprint density at radius 1 is 0.968 bits per heavy atom.